The average molecular weight is 300 g/mol. The lowest BCUT2D eigenvalue weighted by Crippen LogP contribution is -2.12. The fourth-order valence-electron chi connectivity index (χ4n) is 1.66. The number of rotatable bonds is 12. The Bertz CT molecular complexity index is 350. The molecule has 1 unspecified atom stereocenters. The summed E-state index contributed by atoms with van der Waals surface area (Å²) in [4.78, 5) is 32.4. The Balaban J connectivity index is 3.43. The van der Waals surface area contributed by atoms with Crippen molar-refractivity contribution >= 4 is 17.9 Å². The highest BCUT2D eigenvalue weighted by Crippen LogP contribution is 2.07. The molecule has 0 fully saturated rings. The summed E-state index contributed by atoms with van der Waals surface area (Å²) in [6, 6.07) is 0. The molecule has 0 aromatic rings. The molecule has 0 aromatic carbocycles. The molecule has 0 amide bonds. The Hall–Kier alpha value is -1.85. The zero-order chi connectivity index (χ0) is 16.1. The van der Waals surface area contributed by atoms with Gasteiger partial charge in [-0.3, -0.25) is 9.59 Å². The molecule has 0 aliphatic rings. The summed E-state index contributed by atoms with van der Waals surface area (Å²) < 4.78 is 10.00. The second-order valence-corrected chi connectivity index (χ2v) is 4.77. The molecule has 1 atom stereocenters. The molecule has 21 heavy (non-hydrogen) atoms. The van der Waals surface area contributed by atoms with E-state index in [1.807, 2.05) is 6.92 Å². The fourth-order valence-corrected chi connectivity index (χ4v) is 1.66. The van der Waals surface area contributed by atoms with Crippen LogP contribution >= 0.6 is 0 Å². The molecular weight excluding hydrogens is 276 g/mol. The maximum atomic E-state index is 11.2. The lowest BCUT2D eigenvalue weighted by molar-refractivity contribution is -0.145. The van der Waals surface area contributed by atoms with Gasteiger partial charge in [-0.15, -0.1) is 0 Å². The largest absolute Gasteiger partial charge is 0.481 e. The molecule has 0 saturated heterocycles. The summed E-state index contributed by atoms with van der Waals surface area (Å²) in [6.45, 7) is 5.49. The van der Waals surface area contributed by atoms with Crippen LogP contribution in [0.25, 0.3) is 0 Å². The second kappa shape index (κ2) is 11.9. The van der Waals surface area contributed by atoms with Crippen molar-refractivity contribution in [2.45, 2.75) is 58.0 Å². The van der Waals surface area contributed by atoms with Gasteiger partial charge in [-0.2, -0.15) is 0 Å². The van der Waals surface area contributed by atoms with Crippen molar-refractivity contribution in [1.29, 1.82) is 0 Å². The monoisotopic (exact) mass is 300 g/mol. The van der Waals surface area contributed by atoms with E-state index in [0.717, 1.165) is 31.8 Å². The van der Waals surface area contributed by atoms with Crippen LogP contribution in [0.1, 0.15) is 51.9 Å². The third-order valence-corrected chi connectivity index (χ3v) is 2.77. The first kappa shape index (κ1) is 19.1. The van der Waals surface area contributed by atoms with E-state index in [2.05, 4.69) is 6.58 Å². The van der Waals surface area contributed by atoms with E-state index in [9.17, 15) is 14.4 Å². The summed E-state index contributed by atoms with van der Waals surface area (Å²) in [7, 11) is 0. The summed E-state index contributed by atoms with van der Waals surface area (Å²) in [6.07, 6.45) is 4.67. The number of esters is 2. The van der Waals surface area contributed by atoms with E-state index < -0.39 is 11.9 Å². The number of carbonyl (C=O) groups excluding carboxylic acids is 2. The van der Waals surface area contributed by atoms with Crippen molar-refractivity contribution in [3.8, 4) is 0 Å². The van der Waals surface area contributed by atoms with Crippen LogP contribution in [-0.4, -0.2) is 35.7 Å². The SMILES string of the molecule is C=CC(=O)OC(C)CCCCCOC(=O)CCCC(=O)O. The minimum Gasteiger partial charge on any atom is -0.481 e. The van der Waals surface area contributed by atoms with Gasteiger partial charge in [0.25, 0.3) is 0 Å². The van der Waals surface area contributed by atoms with Crippen LogP contribution in [0.15, 0.2) is 12.7 Å². The van der Waals surface area contributed by atoms with Gasteiger partial charge in [-0.05, 0) is 39.0 Å². The van der Waals surface area contributed by atoms with Gasteiger partial charge in [-0.1, -0.05) is 6.58 Å². The van der Waals surface area contributed by atoms with Crippen molar-refractivity contribution < 1.29 is 29.0 Å². The molecule has 0 aliphatic carbocycles. The first-order chi connectivity index (χ1) is 9.95. The summed E-state index contributed by atoms with van der Waals surface area (Å²) in [5.74, 6) is -1.68. The number of carboxylic acids is 1. The van der Waals surface area contributed by atoms with E-state index >= 15 is 0 Å². The minimum absolute atomic E-state index is 0.0174. The highest BCUT2D eigenvalue weighted by atomic mass is 16.5. The summed E-state index contributed by atoms with van der Waals surface area (Å²) >= 11 is 0. The van der Waals surface area contributed by atoms with Crippen molar-refractivity contribution in [3.05, 3.63) is 12.7 Å². The summed E-state index contributed by atoms with van der Waals surface area (Å²) in [5, 5.41) is 8.43. The van der Waals surface area contributed by atoms with Gasteiger partial charge >= 0.3 is 17.9 Å². The number of unbranched alkanes of at least 4 members (excludes halogenated alkanes) is 2. The molecule has 6 heteroatoms. The second-order valence-electron chi connectivity index (χ2n) is 4.77. The maximum Gasteiger partial charge on any atom is 0.330 e. The fraction of sp³-hybridized carbons (Fsp3) is 0.667. The third-order valence-electron chi connectivity index (χ3n) is 2.77. The van der Waals surface area contributed by atoms with E-state index in [-0.39, 0.29) is 24.9 Å². The first-order valence-electron chi connectivity index (χ1n) is 7.16. The maximum absolute atomic E-state index is 11.2. The van der Waals surface area contributed by atoms with E-state index in [0.29, 0.717) is 13.0 Å². The molecule has 1 N–H and O–H groups in total. The molecule has 0 heterocycles. The topological polar surface area (TPSA) is 89.9 Å². The number of hydrogen-bond donors (Lipinski definition) is 1. The molecule has 120 valence electrons. The van der Waals surface area contributed by atoms with Crippen LogP contribution in [-0.2, 0) is 23.9 Å². The smallest absolute Gasteiger partial charge is 0.330 e. The number of ether oxygens (including phenoxy) is 2. The predicted molar refractivity (Wildman–Crippen MR) is 76.7 cm³/mol. The van der Waals surface area contributed by atoms with E-state index in [4.69, 9.17) is 14.6 Å². The van der Waals surface area contributed by atoms with Gasteiger partial charge in [0.05, 0.1) is 12.7 Å². The molecule has 0 rings (SSSR count). The molecular formula is C15H24O6. The average Bonchev–Trinajstić information content (AvgIpc) is 2.42. The molecule has 0 saturated carbocycles. The molecule has 0 bridgehead atoms. The van der Waals surface area contributed by atoms with Gasteiger partial charge in [-0.25, -0.2) is 4.79 Å². The quantitative estimate of drug-likeness (QED) is 0.338. The summed E-state index contributed by atoms with van der Waals surface area (Å²) in [5.41, 5.74) is 0. The van der Waals surface area contributed by atoms with Crippen LogP contribution < -0.4 is 0 Å². The number of aliphatic carboxylic acids is 1. The highest BCUT2D eigenvalue weighted by molar-refractivity contribution is 5.81. The normalized spacial score (nSPS) is 11.5. The van der Waals surface area contributed by atoms with Crippen LogP contribution in [0.4, 0.5) is 0 Å². The Morgan fingerprint density at radius 3 is 2.48 bits per heavy atom. The minimum atomic E-state index is -0.908. The molecule has 6 nitrogen and oxygen atoms in total. The van der Waals surface area contributed by atoms with E-state index in [1.54, 1.807) is 0 Å². The van der Waals surface area contributed by atoms with Crippen LogP contribution in [0.5, 0.6) is 0 Å². The third kappa shape index (κ3) is 12.9. The Morgan fingerprint density at radius 2 is 1.86 bits per heavy atom. The molecule has 0 spiro atoms. The highest BCUT2D eigenvalue weighted by Gasteiger charge is 2.07. The van der Waals surface area contributed by atoms with Crippen LogP contribution in [0.3, 0.4) is 0 Å². The Kier molecular flexibility index (Phi) is 10.9. The van der Waals surface area contributed by atoms with Crippen LogP contribution in [0, 0.1) is 0 Å². The van der Waals surface area contributed by atoms with Gasteiger partial charge in [0.15, 0.2) is 0 Å². The van der Waals surface area contributed by atoms with Gasteiger partial charge in [0.2, 0.25) is 0 Å². The molecule has 0 radical (unpaired) electrons. The standard InChI is InChI=1S/C15H24O6/c1-3-14(18)21-12(2)8-5-4-6-11-20-15(19)10-7-9-13(16)17/h3,12H,1,4-11H2,2H3,(H,16,17). The number of carboxylic acid groups (broad SMARTS) is 1. The van der Waals surface area contributed by atoms with Gasteiger partial charge in [0.1, 0.15) is 0 Å². The van der Waals surface area contributed by atoms with E-state index in [1.165, 1.54) is 0 Å². The van der Waals surface area contributed by atoms with Crippen molar-refractivity contribution in [2.24, 2.45) is 0 Å². The van der Waals surface area contributed by atoms with Crippen LogP contribution in [0.2, 0.25) is 0 Å². The lowest BCUT2D eigenvalue weighted by atomic mass is 10.1. The number of hydrogen-bond acceptors (Lipinski definition) is 5. The van der Waals surface area contributed by atoms with Crippen molar-refractivity contribution in [2.75, 3.05) is 6.61 Å². The Morgan fingerprint density at radius 1 is 1.14 bits per heavy atom. The van der Waals surface area contributed by atoms with Gasteiger partial charge < -0.3 is 14.6 Å². The predicted octanol–water partition coefficient (Wildman–Crippen LogP) is 2.46. The van der Waals surface area contributed by atoms with Gasteiger partial charge in [0, 0.05) is 18.9 Å². The van der Waals surface area contributed by atoms with Crippen molar-refractivity contribution in [3.63, 3.8) is 0 Å². The molecule has 0 aromatic heterocycles. The van der Waals surface area contributed by atoms with Crippen molar-refractivity contribution in [1.82, 2.24) is 0 Å². The Labute approximate surface area is 125 Å². The lowest BCUT2D eigenvalue weighted by Gasteiger charge is -2.11. The zero-order valence-corrected chi connectivity index (χ0v) is 12.5. The first-order valence-corrected chi connectivity index (χ1v) is 7.16. The molecule has 0 aliphatic heterocycles. The zero-order valence-electron chi connectivity index (χ0n) is 12.5. The number of carbonyl (C=O) groups is 3.